The van der Waals surface area contributed by atoms with Crippen molar-refractivity contribution in [1.29, 1.82) is 5.26 Å². The normalized spacial score (nSPS) is 31.6. The number of hydrogen-bond donors (Lipinski definition) is 1. The molecular weight excluding hydrogens is 160 g/mol. The van der Waals surface area contributed by atoms with Gasteiger partial charge in [0.25, 0.3) is 0 Å². The zero-order valence-electron chi connectivity index (χ0n) is 8.03. The number of rotatable bonds is 3. The summed E-state index contributed by atoms with van der Waals surface area (Å²) in [6, 6.07) is 2.15. The SMILES string of the molecule is CC1(N)C=CC=CC1CCCC#N. The van der Waals surface area contributed by atoms with E-state index >= 15 is 0 Å². The number of nitriles is 1. The Morgan fingerprint density at radius 1 is 1.54 bits per heavy atom. The Morgan fingerprint density at radius 2 is 2.31 bits per heavy atom. The van der Waals surface area contributed by atoms with Crippen LogP contribution in [0.4, 0.5) is 0 Å². The van der Waals surface area contributed by atoms with Crippen LogP contribution in [-0.4, -0.2) is 5.54 Å². The monoisotopic (exact) mass is 176 g/mol. The molecule has 0 amide bonds. The maximum atomic E-state index is 8.41. The average Bonchev–Trinajstić information content (AvgIpc) is 2.08. The summed E-state index contributed by atoms with van der Waals surface area (Å²) in [4.78, 5) is 0. The van der Waals surface area contributed by atoms with Gasteiger partial charge in [0.05, 0.1) is 6.07 Å². The Bertz CT molecular complexity index is 256. The highest BCUT2D eigenvalue weighted by molar-refractivity contribution is 5.22. The molecule has 0 spiro atoms. The molecule has 0 heterocycles. The molecule has 0 bridgehead atoms. The lowest BCUT2D eigenvalue weighted by atomic mass is 9.80. The van der Waals surface area contributed by atoms with E-state index < -0.39 is 0 Å². The van der Waals surface area contributed by atoms with E-state index in [0.717, 1.165) is 12.8 Å². The maximum absolute atomic E-state index is 8.41. The fraction of sp³-hybridized carbons (Fsp3) is 0.545. The Balaban J connectivity index is 2.46. The van der Waals surface area contributed by atoms with Crippen molar-refractivity contribution in [3.05, 3.63) is 24.3 Å². The molecule has 2 atom stereocenters. The topological polar surface area (TPSA) is 49.8 Å². The molecule has 1 rings (SSSR count). The summed E-state index contributed by atoms with van der Waals surface area (Å²) in [5.74, 6) is 0.380. The summed E-state index contributed by atoms with van der Waals surface area (Å²) in [5, 5.41) is 8.41. The van der Waals surface area contributed by atoms with E-state index in [9.17, 15) is 0 Å². The third kappa shape index (κ3) is 2.71. The molecule has 0 saturated heterocycles. The summed E-state index contributed by atoms with van der Waals surface area (Å²) in [6.45, 7) is 2.03. The summed E-state index contributed by atoms with van der Waals surface area (Å²) in [7, 11) is 0. The van der Waals surface area contributed by atoms with Gasteiger partial charge in [0.2, 0.25) is 0 Å². The van der Waals surface area contributed by atoms with E-state index in [1.54, 1.807) is 0 Å². The minimum atomic E-state index is -0.232. The number of nitrogens with zero attached hydrogens (tertiary/aromatic N) is 1. The Labute approximate surface area is 79.7 Å². The molecule has 70 valence electrons. The smallest absolute Gasteiger partial charge is 0.0621 e. The molecule has 0 aliphatic heterocycles. The standard InChI is InChI=1S/C11H16N2/c1-11(13)8-4-2-6-10(11)7-3-5-9-12/h2,4,6,8,10H,3,5,7,13H2,1H3. The molecule has 0 aromatic heterocycles. The van der Waals surface area contributed by atoms with E-state index in [1.165, 1.54) is 0 Å². The summed E-state index contributed by atoms with van der Waals surface area (Å²) >= 11 is 0. The molecule has 1 aliphatic rings. The lowest BCUT2D eigenvalue weighted by molar-refractivity contribution is 0.393. The molecule has 2 nitrogen and oxygen atoms in total. The van der Waals surface area contributed by atoms with Gasteiger partial charge in [-0.15, -0.1) is 0 Å². The van der Waals surface area contributed by atoms with Gasteiger partial charge in [-0.25, -0.2) is 0 Å². The fourth-order valence-electron chi connectivity index (χ4n) is 1.60. The number of nitrogens with two attached hydrogens (primary N) is 1. The van der Waals surface area contributed by atoms with E-state index in [1.807, 2.05) is 25.2 Å². The number of allylic oxidation sites excluding steroid dienone is 2. The van der Waals surface area contributed by atoms with Crippen molar-refractivity contribution in [2.24, 2.45) is 11.7 Å². The van der Waals surface area contributed by atoms with Gasteiger partial charge in [-0.2, -0.15) is 5.26 Å². The van der Waals surface area contributed by atoms with Crippen LogP contribution in [0.15, 0.2) is 24.3 Å². The van der Waals surface area contributed by atoms with Gasteiger partial charge >= 0.3 is 0 Å². The van der Waals surface area contributed by atoms with Crippen LogP contribution in [0.2, 0.25) is 0 Å². The van der Waals surface area contributed by atoms with Gasteiger partial charge < -0.3 is 5.73 Å². The van der Waals surface area contributed by atoms with Crippen molar-refractivity contribution in [3.63, 3.8) is 0 Å². The van der Waals surface area contributed by atoms with Crippen LogP contribution in [0.5, 0.6) is 0 Å². The van der Waals surface area contributed by atoms with Crippen molar-refractivity contribution < 1.29 is 0 Å². The van der Waals surface area contributed by atoms with Gasteiger partial charge in [0, 0.05) is 12.0 Å². The van der Waals surface area contributed by atoms with Gasteiger partial charge in [-0.3, -0.25) is 0 Å². The number of hydrogen-bond acceptors (Lipinski definition) is 2. The predicted molar refractivity (Wildman–Crippen MR) is 53.8 cm³/mol. The van der Waals surface area contributed by atoms with Crippen molar-refractivity contribution >= 4 is 0 Å². The predicted octanol–water partition coefficient (Wildman–Crippen LogP) is 2.14. The van der Waals surface area contributed by atoms with Crippen molar-refractivity contribution in [1.82, 2.24) is 0 Å². The van der Waals surface area contributed by atoms with E-state index in [4.69, 9.17) is 11.0 Å². The summed E-state index contributed by atoms with van der Waals surface area (Å²) in [6.07, 6.45) is 10.8. The highest BCUT2D eigenvalue weighted by atomic mass is 14.7. The van der Waals surface area contributed by atoms with Gasteiger partial charge in [0.1, 0.15) is 0 Å². The van der Waals surface area contributed by atoms with Crippen LogP contribution >= 0.6 is 0 Å². The molecule has 2 N–H and O–H groups in total. The Morgan fingerprint density at radius 3 is 2.92 bits per heavy atom. The largest absolute Gasteiger partial charge is 0.322 e. The van der Waals surface area contributed by atoms with E-state index in [0.29, 0.717) is 12.3 Å². The maximum Gasteiger partial charge on any atom is 0.0621 e. The minimum absolute atomic E-state index is 0.232. The first kappa shape index (κ1) is 10.0. The second-order valence-corrected chi connectivity index (χ2v) is 3.77. The first-order valence-electron chi connectivity index (χ1n) is 4.68. The molecular formula is C11H16N2. The highest BCUT2D eigenvalue weighted by Gasteiger charge is 2.25. The summed E-state index contributed by atoms with van der Waals surface area (Å²) in [5.41, 5.74) is 5.85. The first-order chi connectivity index (χ1) is 6.17. The summed E-state index contributed by atoms with van der Waals surface area (Å²) < 4.78 is 0. The van der Waals surface area contributed by atoms with Crippen LogP contribution < -0.4 is 5.73 Å². The third-order valence-corrected chi connectivity index (χ3v) is 2.51. The van der Waals surface area contributed by atoms with Gasteiger partial charge in [0.15, 0.2) is 0 Å². The van der Waals surface area contributed by atoms with Gasteiger partial charge in [-0.1, -0.05) is 24.3 Å². The van der Waals surface area contributed by atoms with Gasteiger partial charge in [-0.05, 0) is 25.7 Å². The Kier molecular flexibility index (Phi) is 3.27. The van der Waals surface area contributed by atoms with Crippen LogP contribution in [-0.2, 0) is 0 Å². The van der Waals surface area contributed by atoms with Crippen LogP contribution in [0, 0.1) is 17.2 Å². The lowest BCUT2D eigenvalue weighted by Crippen LogP contribution is -2.42. The molecule has 2 heteroatoms. The molecule has 0 fully saturated rings. The first-order valence-corrected chi connectivity index (χ1v) is 4.68. The van der Waals surface area contributed by atoms with Crippen LogP contribution in [0.25, 0.3) is 0 Å². The van der Waals surface area contributed by atoms with Crippen molar-refractivity contribution in [3.8, 4) is 6.07 Å². The zero-order valence-corrected chi connectivity index (χ0v) is 8.03. The number of unbranched alkanes of at least 4 members (excludes halogenated alkanes) is 1. The van der Waals surface area contributed by atoms with E-state index in [-0.39, 0.29) is 5.54 Å². The van der Waals surface area contributed by atoms with Crippen LogP contribution in [0.1, 0.15) is 26.2 Å². The second kappa shape index (κ2) is 4.25. The van der Waals surface area contributed by atoms with Crippen molar-refractivity contribution in [2.45, 2.75) is 31.7 Å². The molecule has 0 saturated carbocycles. The molecule has 0 aromatic rings. The molecule has 0 aromatic carbocycles. The zero-order chi connectivity index (χ0) is 9.73. The Hall–Kier alpha value is -1.07. The highest BCUT2D eigenvalue weighted by Crippen LogP contribution is 2.26. The molecule has 0 radical (unpaired) electrons. The molecule has 1 aliphatic carbocycles. The molecule has 2 unspecified atom stereocenters. The fourth-order valence-corrected chi connectivity index (χ4v) is 1.60. The minimum Gasteiger partial charge on any atom is -0.322 e. The van der Waals surface area contributed by atoms with E-state index in [2.05, 4.69) is 12.1 Å². The van der Waals surface area contributed by atoms with Crippen LogP contribution in [0.3, 0.4) is 0 Å². The van der Waals surface area contributed by atoms with Crippen molar-refractivity contribution in [2.75, 3.05) is 0 Å². The quantitative estimate of drug-likeness (QED) is 0.670. The average molecular weight is 176 g/mol. The third-order valence-electron chi connectivity index (χ3n) is 2.51. The second-order valence-electron chi connectivity index (χ2n) is 3.77. The molecule has 13 heavy (non-hydrogen) atoms. The lowest BCUT2D eigenvalue weighted by Gasteiger charge is -2.31.